The Morgan fingerprint density at radius 1 is 0.615 bits per heavy atom. The highest BCUT2D eigenvalue weighted by atomic mass is 16.7. The van der Waals surface area contributed by atoms with Crippen molar-refractivity contribution in [3.05, 3.63) is 60.8 Å². The molecule has 6 unspecified atom stereocenters. The minimum Gasteiger partial charge on any atom is -0.462 e. The third-order valence-electron chi connectivity index (χ3n) is 8.64. The molecule has 1 saturated heterocycles. The molecule has 1 heterocycles. The van der Waals surface area contributed by atoms with Gasteiger partial charge in [0.25, 0.3) is 0 Å². The maximum absolute atomic E-state index is 12.7. The lowest BCUT2D eigenvalue weighted by atomic mass is 9.99. The van der Waals surface area contributed by atoms with E-state index in [-0.39, 0.29) is 26.1 Å². The third-order valence-corrected chi connectivity index (χ3v) is 8.64. The molecule has 0 radical (unpaired) electrons. The normalized spacial score (nSPS) is 21.7. The Bertz CT molecular complexity index is 1030. The van der Waals surface area contributed by atoms with E-state index < -0.39 is 55.4 Å². The first kappa shape index (κ1) is 47.4. The molecule has 0 aromatic carbocycles. The van der Waals surface area contributed by atoms with E-state index in [1.165, 1.54) is 12.8 Å². The van der Waals surface area contributed by atoms with Gasteiger partial charge in [-0.25, -0.2) is 0 Å². The zero-order valence-electron chi connectivity index (χ0n) is 32.0. The van der Waals surface area contributed by atoms with E-state index >= 15 is 0 Å². The molecule has 10 nitrogen and oxygen atoms in total. The molecule has 1 rings (SSSR count). The number of rotatable bonds is 31. The van der Waals surface area contributed by atoms with Crippen LogP contribution in [0.3, 0.4) is 0 Å². The number of carbonyl (C=O) groups excluding carboxylic acids is 2. The molecular weight excluding hydrogens is 664 g/mol. The zero-order chi connectivity index (χ0) is 38.1. The maximum Gasteiger partial charge on any atom is 0.306 e. The number of carbonyl (C=O) groups is 2. The van der Waals surface area contributed by atoms with E-state index in [1.54, 1.807) is 0 Å². The van der Waals surface area contributed by atoms with Crippen molar-refractivity contribution in [2.45, 2.75) is 173 Å². The third kappa shape index (κ3) is 24.6. The Hall–Kier alpha value is -2.60. The molecule has 10 heteroatoms. The minimum absolute atomic E-state index is 0.189. The van der Waals surface area contributed by atoms with E-state index in [4.69, 9.17) is 18.9 Å². The van der Waals surface area contributed by atoms with Crippen LogP contribution in [0.1, 0.15) is 136 Å². The Labute approximate surface area is 313 Å². The van der Waals surface area contributed by atoms with Crippen LogP contribution < -0.4 is 0 Å². The van der Waals surface area contributed by atoms with Gasteiger partial charge in [-0.2, -0.15) is 0 Å². The minimum atomic E-state index is -1.60. The van der Waals surface area contributed by atoms with E-state index in [1.807, 2.05) is 0 Å². The van der Waals surface area contributed by atoms with E-state index in [9.17, 15) is 30.0 Å². The van der Waals surface area contributed by atoms with Crippen LogP contribution in [0.4, 0.5) is 0 Å². The summed E-state index contributed by atoms with van der Waals surface area (Å²) in [5.41, 5.74) is 0. The average Bonchev–Trinajstić information content (AvgIpc) is 3.14. The molecule has 0 aromatic rings. The lowest BCUT2D eigenvalue weighted by Gasteiger charge is -2.39. The summed E-state index contributed by atoms with van der Waals surface area (Å²) in [7, 11) is 0. The fraction of sp³-hybridized carbons (Fsp3) is 0.714. The molecule has 6 atom stereocenters. The first-order chi connectivity index (χ1) is 25.3. The summed E-state index contributed by atoms with van der Waals surface area (Å²) in [6.07, 6.45) is 30.9. The second kappa shape index (κ2) is 33.0. The van der Waals surface area contributed by atoms with Gasteiger partial charge < -0.3 is 39.4 Å². The second-order valence-electron chi connectivity index (χ2n) is 13.3. The van der Waals surface area contributed by atoms with Gasteiger partial charge in [-0.15, -0.1) is 0 Å². The van der Waals surface area contributed by atoms with Gasteiger partial charge in [0.15, 0.2) is 12.4 Å². The topological polar surface area (TPSA) is 152 Å². The average molecular weight is 735 g/mol. The van der Waals surface area contributed by atoms with Crippen molar-refractivity contribution < 1.29 is 49.0 Å². The van der Waals surface area contributed by atoms with Gasteiger partial charge in [0, 0.05) is 12.8 Å². The molecule has 0 amide bonds. The van der Waals surface area contributed by atoms with E-state index in [0.717, 1.165) is 83.5 Å². The Balaban J connectivity index is 2.42. The fourth-order valence-electron chi connectivity index (χ4n) is 5.45. The van der Waals surface area contributed by atoms with Crippen molar-refractivity contribution in [3.8, 4) is 0 Å². The van der Waals surface area contributed by atoms with Crippen LogP contribution in [-0.2, 0) is 28.5 Å². The second-order valence-corrected chi connectivity index (χ2v) is 13.3. The summed E-state index contributed by atoms with van der Waals surface area (Å²) in [5.74, 6) is -0.866. The highest BCUT2D eigenvalue weighted by molar-refractivity contribution is 5.70. The Morgan fingerprint density at radius 3 is 1.73 bits per heavy atom. The fourth-order valence-corrected chi connectivity index (χ4v) is 5.45. The standard InChI is InChI=1S/C42H70O10/c1-3-5-7-9-11-13-15-17-19-20-22-24-26-28-30-37(44)49-33-35(34-50-42-41(48)40(47)39(46)36(32-43)52-42)51-38(45)31-29-27-25-23-21-18-16-14-12-10-8-6-4-2/h6,8-9,11-12,14-15,17-18,21,35-36,39-43,46-48H,3-5,7,10,13,16,19-20,22-34H2,1-2H3/b8-6-,11-9-,14-12-,17-15-,21-18-. The van der Waals surface area contributed by atoms with Gasteiger partial charge in [-0.05, 0) is 70.6 Å². The number of esters is 2. The van der Waals surface area contributed by atoms with E-state index in [2.05, 4.69) is 74.6 Å². The summed E-state index contributed by atoms with van der Waals surface area (Å²) in [4.78, 5) is 25.2. The quantitative estimate of drug-likeness (QED) is 0.0320. The summed E-state index contributed by atoms with van der Waals surface area (Å²) in [5, 5.41) is 39.9. The first-order valence-electron chi connectivity index (χ1n) is 19.9. The van der Waals surface area contributed by atoms with Crippen LogP contribution in [0.2, 0.25) is 0 Å². The lowest BCUT2D eigenvalue weighted by molar-refractivity contribution is -0.305. The number of unbranched alkanes of at least 4 members (excludes halogenated alkanes) is 10. The molecule has 0 aromatic heterocycles. The van der Waals surface area contributed by atoms with Crippen LogP contribution >= 0.6 is 0 Å². The largest absolute Gasteiger partial charge is 0.462 e. The number of aliphatic hydroxyl groups excluding tert-OH is 4. The zero-order valence-corrected chi connectivity index (χ0v) is 32.0. The number of ether oxygens (including phenoxy) is 4. The molecule has 298 valence electrons. The van der Waals surface area contributed by atoms with Gasteiger partial charge in [0.05, 0.1) is 13.2 Å². The van der Waals surface area contributed by atoms with Crippen molar-refractivity contribution >= 4 is 11.9 Å². The van der Waals surface area contributed by atoms with Crippen LogP contribution in [0.15, 0.2) is 60.8 Å². The molecule has 0 bridgehead atoms. The smallest absolute Gasteiger partial charge is 0.306 e. The number of allylic oxidation sites excluding steroid dienone is 10. The van der Waals surface area contributed by atoms with Crippen molar-refractivity contribution in [1.29, 1.82) is 0 Å². The van der Waals surface area contributed by atoms with Crippen molar-refractivity contribution in [2.24, 2.45) is 0 Å². The lowest BCUT2D eigenvalue weighted by Crippen LogP contribution is -2.59. The Morgan fingerprint density at radius 2 is 1.13 bits per heavy atom. The molecule has 1 fully saturated rings. The van der Waals surface area contributed by atoms with Crippen molar-refractivity contribution in [3.63, 3.8) is 0 Å². The Kier molecular flexibility index (Phi) is 30.1. The summed E-state index contributed by atoms with van der Waals surface area (Å²) >= 11 is 0. The molecular formula is C42H70O10. The molecule has 0 spiro atoms. The van der Waals surface area contributed by atoms with Gasteiger partial charge in [0.1, 0.15) is 31.0 Å². The first-order valence-corrected chi connectivity index (χ1v) is 19.9. The van der Waals surface area contributed by atoms with Crippen LogP contribution in [-0.4, -0.2) is 89.0 Å². The van der Waals surface area contributed by atoms with Crippen molar-refractivity contribution in [2.75, 3.05) is 19.8 Å². The summed E-state index contributed by atoms with van der Waals surface area (Å²) in [6.45, 7) is 3.19. The van der Waals surface area contributed by atoms with Crippen LogP contribution in [0.25, 0.3) is 0 Å². The molecule has 0 saturated carbocycles. The van der Waals surface area contributed by atoms with Gasteiger partial charge in [-0.1, -0.05) is 113 Å². The predicted molar refractivity (Wildman–Crippen MR) is 205 cm³/mol. The monoisotopic (exact) mass is 734 g/mol. The van der Waals surface area contributed by atoms with Gasteiger partial charge in [0.2, 0.25) is 0 Å². The van der Waals surface area contributed by atoms with E-state index in [0.29, 0.717) is 12.8 Å². The van der Waals surface area contributed by atoms with Gasteiger partial charge in [-0.3, -0.25) is 9.59 Å². The van der Waals surface area contributed by atoms with Crippen molar-refractivity contribution in [1.82, 2.24) is 0 Å². The summed E-state index contributed by atoms with van der Waals surface area (Å²) in [6, 6.07) is 0. The molecule has 0 aliphatic carbocycles. The highest BCUT2D eigenvalue weighted by Crippen LogP contribution is 2.22. The molecule has 1 aliphatic heterocycles. The van der Waals surface area contributed by atoms with Crippen LogP contribution in [0, 0.1) is 0 Å². The molecule has 4 N–H and O–H groups in total. The summed E-state index contributed by atoms with van der Waals surface area (Å²) < 4.78 is 22.0. The predicted octanol–water partition coefficient (Wildman–Crippen LogP) is 7.49. The molecule has 52 heavy (non-hydrogen) atoms. The van der Waals surface area contributed by atoms with Crippen LogP contribution in [0.5, 0.6) is 0 Å². The number of hydrogen-bond acceptors (Lipinski definition) is 10. The number of hydrogen-bond donors (Lipinski definition) is 4. The maximum atomic E-state index is 12.7. The van der Waals surface area contributed by atoms with Gasteiger partial charge >= 0.3 is 11.9 Å². The SMILES string of the molecule is CC/C=C\C/C=C\C/C=C\CCCCCC(=O)OC(COC(=O)CCCCCCC/C=C\C/C=C\CCCC)COC1OC(CO)C(O)C(O)C1O. The number of aliphatic hydroxyl groups is 4. The molecule has 1 aliphatic rings. The highest BCUT2D eigenvalue weighted by Gasteiger charge is 2.44.